The van der Waals surface area contributed by atoms with Crippen molar-refractivity contribution < 1.29 is 53.4 Å². The molecular weight excluding hydrogens is 405 g/mol. The van der Waals surface area contributed by atoms with Gasteiger partial charge in [-0.25, -0.2) is 0 Å². The van der Waals surface area contributed by atoms with E-state index in [2.05, 4.69) is 0 Å². The van der Waals surface area contributed by atoms with Gasteiger partial charge in [-0.1, -0.05) is 24.3 Å². The third-order valence-corrected chi connectivity index (χ3v) is 4.53. The third-order valence-electron chi connectivity index (χ3n) is 4.53. The van der Waals surface area contributed by atoms with Crippen molar-refractivity contribution in [3.05, 3.63) is 35.4 Å². The average Bonchev–Trinajstić information content (AvgIpc) is 2.52. The molecule has 27 heavy (non-hydrogen) atoms. The van der Waals surface area contributed by atoms with Crippen LogP contribution in [0.2, 0.25) is 0 Å². The fourth-order valence-electron chi connectivity index (χ4n) is 2.85. The van der Waals surface area contributed by atoms with Crippen molar-refractivity contribution in [3.63, 3.8) is 0 Å². The summed E-state index contributed by atoms with van der Waals surface area (Å²) in [6.45, 7) is 0. The van der Waals surface area contributed by atoms with E-state index in [1.165, 1.54) is 18.2 Å². The van der Waals surface area contributed by atoms with Crippen LogP contribution >= 0.6 is 0 Å². The lowest BCUT2D eigenvalue weighted by atomic mass is 9.73. The van der Waals surface area contributed by atoms with E-state index in [0.717, 1.165) is 6.07 Å². The average molecular weight is 416 g/mol. The topological polar surface area (TPSA) is 20.2 Å². The summed E-state index contributed by atoms with van der Waals surface area (Å²) in [6, 6.07) is 5.18. The van der Waals surface area contributed by atoms with E-state index in [9.17, 15) is 53.4 Å². The van der Waals surface area contributed by atoms with Gasteiger partial charge < -0.3 is 5.11 Å². The van der Waals surface area contributed by atoms with Gasteiger partial charge in [0.2, 0.25) is 0 Å². The van der Waals surface area contributed by atoms with Crippen molar-refractivity contribution in [3.8, 4) is 0 Å². The summed E-state index contributed by atoms with van der Waals surface area (Å²) >= 11 is 0. The maximum atomic E-state index is 14.2. The summed E-state index contributed by atoms with van der Waals surface area (Å²) in [5.74, 6) is -28.5. The summed E-state index contributed by atoms with van der Waals surface area (Å²) in [7, 11) is 0. The van der Waals surface area contributed by atoms with Crippen molar-refractivity contribution in [1.29, 1.82) is 0 Å². The molecule has 154 valence electrons. The molecule has 0 aromatic heterocycles. The lowest BCUT2D eigenvalue weighted by Crippen LogP contribution is -2.72. The van der Waals surface area contributed by atoms with Crippen LogP contribution in [0.15, 0.2) is 24.3 Å². The molecule has 1 unspecified atom stereocenters. The van der Waals surface area contributed by atoms with Crippen LogP contribution in [0.1, 0.15) is 17.5 Å². The Morgan fingerprint density at radius 1 is 0.704 bits per heavy atom. The summed E-state index contributed by atoms with van der Waals surface area (Å²) in [4.78, 5) is 0. The largest absolute Gasteiger partial charge is 0.460 e. The lowest BCUT2D eigenvalue weighted by molar-refractivity contribution is -0.436. The molecule has 0 fully saturated rings. The Bertz CT molecular complexity index is 710. The van der Waals surface area contributed by atoms with Gasteiger partial charge in [-0.05, 0) is 24.0 Å². The van der Waals surface area contributed by atoms with Crippen LogP contribution in [-0.2, 0) is 12.8 Å². The summed E-state index contributed by atoms with van der Waals surface area (Å²) in [5, 5.41) is 9.92. The SMILES string of the molecule is OC1(C(F)(F)C(F)(F)C(F)(F)C(F)(F)C(F)(F)F)CCc2ccccc2C1. The van der Waals surface area contributed by atoms with Gasteiger partial charge in [0, 0.05) is 6.42 Å². The van der Waals surface area contributed by atoms with Crippen LogP contribution in [0.4, 0.5) is 48.3 Å². The normalized spacial score (nSPS) is 22.5. The summed E-state index contributed by atoms with van der Waals surface area (Å²) < 4.78 is 145. The van der Waals surface area contributed by atoms with Gasteiger partial charge in [-0.3, -0.25) is 0 Å². The monoisotopic (exact) mass is 416 g/mol. The minimum absolute atomic E-state index is 0.146. The van der Waals surface area contributed by atoms with Gasteiger partial charge in [0.25, 0.3) is 0 Å². The first kappa shape index (κ1) is 21.7. The zero-order valence-electron chi connectivity index (χ0n) is 13.0. The van der Waals surface area contributed by atoms with Crippen LogP contribution in [-0.4, -0.2) is 40.6 Å². The smallest absolute Gasteiger partial charge is 0.383 e. The van der Waals surface area contributed by atoms with Gasteiger partial charge in [-0.2, -0.15) is 48.3 Å². The van der Waals surface area contributed by atoms with Crippen molar-refractivity contribution in [2.45, 2.75) is 54.7 Å². The molecule has 1 aliphatic carbocycles. The van der Waals surface area contributed by atoms with Crippen LogP contribution < -0.4 is 0 Å². The van der Waals surface area contributed by atoms with Crippen molar-refractivity contribution >= 4 is 0 Å². The predicted molar refractivity (Wildman–Crippen MR) is 69.3 cm³/mol. The highest BCUT2D eigenvalue weighted by Gasteiger charge is 2.89. The number of fused-ring (bicyclic) bond motifs is 1. The molecule has 0 spiro atoms. The van der Waals surface area contributed by atoms with Gasteiger partial charge in [-0.15, -0.1) is 0 Å². The Hall–Kier alpha value is -1.59. The predicted octanol–water partition coefficient (Wildman–Crippen LogP) is 5.01. The van der Waals surface area contributed by atoms with Crippen LogP contribution in [0.5, 0.6) is 0 Å². The molecule has 1 aliphatic rings. The molecule has 1 atom stereocenters. The molecule has 0 aliphatic heterocycles. The number of hydrogen-bond donors (Lipinski definition) is 1. The van der Waals surface area contributed by atoms with Crippen molar-refractivity contribution in [2.24, 2.45) is 0 Å². The molecule has 0 amide bonds. The highest BCUT2D eigenvalue weighted by Crippen LogP contribution is 2.60. The number of halogens is 11. The van der Waals surface area contributed by atoms with E-state index in [4.69, 9.17) is 0 Å². The summed E-state index contributed by atoms with van der Waals surface area (Å²) in [5.41, 5.74) is -3.79. The molecule has 1 aromatic carbocycles. The fourth-order valence-corrected chi connectivity index (χ4v) is 2.85. The first-order valence-electron chi connectivity index (χ1n) is 7.29. The second-order valence-corrected chi connectivity index (χ2v) is 6.27. The Kier molecular flexibility index (Phi) is 4.78. The second kappa shape index (κ2) is 5.95. The van der Waals surface area contributed by atoms with Crippen LogP contribution in [0.3, 0.4) is 0 Å². The summed E-state index contributed by atoms with van der Waals surface area (Å²) in [6.07, 6.45) is -10.3. The van der Waals surface area contributed by atoms with Crippen LogP contribution in [0, 0.1) is 0 Å². The maximum absolute atomic E-state index is 14.2. The van der Waals surface area contributed by atoms with Gasteiger partial charge in [0.05, 0.1) is 0 Å². The van der Waals surface area contributed by atoms with E-state index in [0.29, 0.717) is 5.56 Å². The first-order chi connectivity index (χ1) is 11.9. The van der Waals surface area contributed by atoms with Gasteiger partial charge in [0.1, 0.15) is 5.60 Å². The highest BCUT2D eigenvalue weighted by molar-refractivity contribution is 5.33. The molecule has 0 heterocycles. The van der Waals surface area contributed by atoms with Gasteiger partial charge >= 0.3 is 29.9 Å². The van der Waals surface area contributed by atoms with Crippen molar-refractivity contribution in [2.75, 3.05) is 0 Å². The third kappa shape index (κ3) is 2.87. The number of aryl methyl sites for hydroxylation is 1. The lowest BCUT2D eigenvalue weighted by Gasteiger charge is -2.45. The molecule has 0 bridgehead atoms. The van der Waals surface area contributed by atoms with Crippen LogP contribution in [0.25, 0.3) is 0 Å². The molecule has 1 aromatic rings. The van der Waals surface area contributed by atoms with E-state index < -0.39 is 54.7 Å². The van der Waals surface area contributed by atoms with E-state index in [-0.39, 0.29) is 5.56 Å². The fraction of sp³-hybridized carbons (Fsp3) is 0.600. The van der Waals surface area contributed by atoms with E-state index in [1.807, 2.05) is 0 Å². The van der Waals surface area contributed by atoms with E-state index in [1.54, 1.807) is 0 Å². The molecule has 0 saturated carbocycles. The van der Waals surface area contributed by atoms with E-state index >= 15 is 0 Å². The molecular formula is C15H11F11O. The highest BCUT2D eigenvalue weighted by atomic mass is 19.4. The quantitative estimate of drug-likeness (QED) is 0.685. The standard InChI is InChI=1S/C15H11F11O/c16-11(17,10(27)6-5-8-3-1-2-4-9(8)7-10)12(18,19)13(20,21)14(22,23)15(24,25)26/h1-4,27H,5-7H2. The molecule has 12 heteroatoms. The Morgan fingerprint density at radius 2 is 1.19 bits per heavy atom. The number of aliphatic hydroxyl groups is 1. The zero-order valence-corrected chi connectivity index (χ0v) is 13.0. The molecule has 1 nitrogen and oxygen atoms in total. The minimum atomic E-state index is -7.52. The zero-order chi connectivity index (χ0) is 21.1. The maximum Gasteiger partial charge on any atom is 0.460 e. The molecule has 0 radical (unpaired) electrons. The number of rotatable bonds is 4. The molecule has 0 saturated heterocycles. The van der Waals surface area contributed by atoms with Crippen molar-refractivity contribution in [1.82, 2.24) is 0 Å². The Morgan fingerprint density at radius 3 is 1.67 bits per heavy atom. The number of benzene rings is 1. The number of alkyl halides is 11. The molecule has 2 rings (SSSR count). The minimum Gasteiger partial charge on any atom is -0.383 e. The Balaban J connectivity index is 2.51. The second-order valence-electron chi connectivity index (χ2n) is 6.27. The number of hydrogen-bond acceptors (Lipinski definition) is 1. The molecule has 1 N–H and O–H groups in total. The Labute approximate surface area is 144 Å². The first-order valence-corrected chi connectivity index (χ1v) is 7.29. The van der Waals surface area contributed by atoms with Gasteiger partial charge in [0.15, 0.2) is 0 Å².